The van der Waals surface area contributed by atoms with Gasteiger partial charge in [-0.15, -0.1) is 0 Å². The zero-order chi connectivity index (χ0) is 27.2. The number of halogens is 2. The molecule has 0 radical (unpaired) electrons. The van der Waals surface area contributed by atoms with Crippen molar-refractivity contribution in [1.29, 1.82) is 0 Å². The minimum absolute atomic E-state index is 0.00470. The fourth-order valence-corrected chi connectivity index (χ4v) is 5.33. The number of anilines is 1. The molecule has 3 aromatic carbocycles. The van der Waals surface area contributed by atoms with Gasteiger partial charge in [0.25, 0.3) is 10.0 Å². The van der Waals surface area contributed by atoms with E-state index < -0.39 is 34.4 Å². The van der Waals surface area contributed by atoms with Crippen LogP contribution in [0.4, 0.5) is 5.69 Å². The summed E-state index contributed by atoms with van der Waals surface area (Å²) in [6.07, 6.45) is 0. The fourth-order valence-electron chi connectivity index (χ4n) is 3.61. The molecule has 1 atom stereocenters. The van der Waals surface area contributed by atoms with Gasteiger partial charge in [0.1, 0.15) is 18.3 Å². The van der Waals surface area contributed by atoms with Crippen LogP contribution >= 0.6 is 23.2 Å². The van der Waals surface area contributed by atoms with Crippen LogP contribution in [0, 0.1) is 0 Å². The van der Waals surface area contributed by atoms with Crippen LogP contribution in [-0.4, -0.2) is 51.9 Å². The molecule has 0 aliphatic carbocycles. The van der Waals surface area contributed by atoms with Crippen LogP contribution in [0.2, 0.25) is 10.0 Å². The normalized spacial score (nSPS) is 11.9. The largest absolute Gasteiger partial charge is 0.497 e. The van der Waals surface area contributed by atoms with E-state index in [4.69, 9.17) is 27.9 Å². The number of carbonyl (C=O) groups excluding carboxylic acids is 2. The first-order valence-corrected chi connectivity index (χ1v) is 13.4. The monoisotopic (exact) mass is 563 g/mol. The third-order valence-corrected chi connectivity index (χ3v) is 8.25. The van der Waals surface area contributed by atoms with Gasteiger partial charge in [-0.2, -0.15) is 0 Å². The SMILES string of the molecule is CNC(=O)[C@@H](C)N(Cc1ccc(OC)cc1)C(=O)CN(c1ccc(Cl)c(Cl)c1)S(=O)(=O)c1ccccc1. The number of rotatable bonds is 10. The molecule has 196 valence electrons. The standard InChI is InChI=1S/C26H27Cl2N3O5S/c1-18(26(33)29-2)30(16-19-9-12-21(36-3)13-10-19)25(32)17-31(20-11-14-23(27)24(28)15-20)37(34,35)22-7-5-4-6-8-22/h4-15,18H,16-17H2,1-3H3,(H,29,33)/t18-/m1/s1. The molecule has 0 saturated heterocycles. The number of nitrogens with zero attached hydrogens (tertiary/aromatic N) is 2. The molecule has 0 saturated carbocycles. The maximum atomic E-state index is 13.7. The minimum Gasteiger partial charge on any atom is -0.497 e. The molecule has 0 heterocycles. The summed E-state index contributed by atoms with van der Waals surface area (Å²) in [6, 6.07) is 18.2. The number of benzene rings is 3. The lowest BCUT2D eigenvalue weighted by Gasteiger charge is -2.32. The quantitative estimate of drug-likeness (QED) is 0.395. The second-order valence-corrected chi connectivity index (χ2v) is 10.8. The van der Waals surface area contributed by atoms with E-state index in [1.54, 1.807) is 56.5 Å². The molecule has 1 N–H and O–H groups in total. The van der Waals surface area contributed by atoms with E-state index in [0.29, 0.717) is 5.75 Å². The van der Waals surface area contributed by atoms with E-state index in [9.17, 15) is 18.0 Å². The minimum atomic E-state index is -4.18. The Hall–Kier alpha value is -3.27. The second kappa shape index (κ2) is 12.3. The zero-order valence-electron chi connectivity index (χ0n) is 20.5. The van der Waals surface area contributed by atoms with E-state index in [1.807, 2.05) is 0 Å². The highest BCUT2D eigenvalue weighted by atomic mass is 35.5. The molecular formula is C26H27Cl2N3O5S. The molecule has 0 unspecified atom stereocenters. The van der Waals surface area contributed by atoms with Gasteiger partial charge in [0.15, 0.2) is 0 Å². The second-order valence-electron chi connectivity index (χ2n) is 8.08. The van der Waals surface area contributed by atoms with Gasteiger partial charge >= 0.3 is 0 Å². The molecule has 0 aliphatic rings. The number of amides is 2. The highest BCUT2D eigenvalue weighted by Gasteiger charge is 2.32. The number of carbonyl (C=O) groups is 2. The Morgan fingerprint density at radius 2 is 1.62 bits per heavy atom. The molecular weight excluding hydrogens is 537 g/mol. The number of ether oxygens (including phenoxy) is 1. The van der Waals surface area contributed by atoms with Gasteiger partial charge in [-0.25, -0.2) is 8.42 Å². The van der Waals surface area contributed by atoms with Crippen molar-refractivity contribution in [2.75, 3.05) is 25.0 Å². The molecule has 3 aromatic rings. The first kappa shape index (κ1) is 28.3. The van der Waals surface area contributed by atoms with Crippen molar-refractivity contribution in [1.82, 2.24) is 10.2 Å². The van der Waals surface area contributed by atoms with Crippen LogP contribution in [0.1, 0.15) is 12.5 Å². The van der Waals surface area contributed by atoms with E-state index >= 15 is 0 Å². The highest BCUT2D eigenvalue weighted by molar-refractivity contribution is 7.92. The van der Waals surface area contributed by atoms with E-state index in [-0.39, 0.29) is 27.2 Å². The summed E-state index contributed by atoms with van der Waals surface area (Å²) in [5, 5.41) is 2.91. The third-order valence-electron chi connectivity index (χ3n) is 5.73. The molecule has 0 aromatic heterocycles. The molecule has 11 heteroatoms. The fraction of sp³-hybridized carbons (Fsp3) is 0.231. The topological polar surface area (TPSA) is 96.0 Å². The van der Waals surface area contributed by atoms with Gasteiger partial charge in [-0.1, -0.05) is 53.5 Å². The van der Waals surface area contributed by atoms with Gasteiger partial charge in [0.2, 0.25) is 11.8 Å². The van der Waals surface area contributed by atoms with Crippen molar-refractivity contribution in [3.05, 3.63) is 88.4 Å². The van der Waals surface area contributed by atoms with Gasteiger partial charge in [-0.05, 0) is 55.0 Å². The number of sulfonamides is 1. The predicted molar refractivity (Wildman–Crippen MR) is 145 cm³/mol. The molecule has 2 amide bonds. The zero-order valence-corrected chi connectivity index (χ0v) is 22.8. The van der Waals surface area contributed by atoms with E-state index in [2.05, 4.69) is 5.32 Å². The lowest BCUT2D eigenvalue weighted by molar-refractivity contribution is -0.139. The van der Waals surface area contributed by atoms with Crippen LogP contribution in [-0.2, 0) is 26.2 Å². The van der Waals surface area contributed by atoms with Crippen molar-refractivity contribution in [2.24, 2.45) is 0 Å². The molecule has 8 nitrogen and oxygen atoms in total. The maximum absolute atomic E-state index is 13.7. The highest BCUT2D eigenvalue weighted by Crippen LogP contribution is 2.31. The summed E-state index contributed by atoms with van der Waals surface area (Å²) >= 11 is 12.2. The van der Waals surface area contributed by atoms with Crippen LogP contribution in [0.15, 0.2) is 77.7 Å². The smallest absolute Gasteiger partial charge is 0.264 e. The van der Waals surface area contributed by atoms with Gasteiger partial charge in [0, 0.05) is 13.6 Å². The number of hydrogen-bond acceptors (Lipinski definition) is 5. The number of methoxy groups -OCH3 is 1. The van der Waals surface area contributed by atoms with Crippen molar-refractivity contribution in [3.8, 4) is 5.75 Å². The Balaban J connectivity index is 2.03. The lowest BCUT2D eigenvalue weighted by Crippen LogP contribution is -2.50. The Bertz CT molecular complexity index is 1350. The van der Waals surface area contributed by atoms with Crippen molar-refractivity contribution < 1.29 is 22.7 Å². The summed E-state index contributed by atoms with van der Waals surface area (Å²) in [7, 11) is -1.16. The molecule has 0 fully saturated rings. The maximum Gasteiger partial charge on any atom is 0.264 e. The molecule has 37 heavy (non-hydrogen) atoms. The Kier molecular flexibility index (Phi) is 9.42. The van der Waals surface area contributed by atoms with Crippen LogP contribution in [0.5, 0.6) is 5.75 Å². The first-order valence-electron chi connectivity index (χ1n) is 11.2. The molecule has 0 bridgehead atoms. The van der Waals surface area contributed by atoms with Gasteiger partial charge < -0.3 is 15.0 Å². The van der Waals surface area contributed by atoms with Crippen LogP contribution < -0.4 is 14.4 Å². The predicted octanol–water partition coefficient (Wildman–Crippen LogP) is 4.36. The summed E-state index contributed by atoms with van der Waals surface area (Å²) in [5.41, 5.74) is 0.889. The average Bonchev–Trinajstić information content (AvgIpc) is 2.91. The lowest BCUT2D eigenvalue weighted by atomic mass is 10.1. The molecule has 0 aliphatic heterocycles. The van der Waals surface area contributed by atoms with Crippen LogP contribution in [0.25, 0.3) is 0 Å². The molecule has 3 rings (SSSR count). The summed E-state index contributed by atoms with van der Waals surface area (Å²) in [5.74, 6) is -0.341. The number of likely N-dealkylation sites (N-methyl/N-ethyl adjacent to an activating group) is 1. The Morgan fingerprint density at radius 3 is 2.19 bits per heavy atom. The van der Waals surface area contributed by atoms with E-state index in [0.717, 1.165) is 9.87 Å². The first-order chi connectivity index (χ1) is 17.6. The summed E-state index contributed by atoms with van der Waals surface area (Å²) < 4.78 is 33.5. The van der Waals surface area contributed by atoms with Crippen molar-refractivity contribution in [3.63, 3.8) is 0 Å². The third kappa shape index (κ3) is 6.74. The van der Waals surface area contributed by atoms with E-state index in [1.165, 1.54) is 42.3 Å². The summed E-state index contributed by atoms with van der Waals surface area (Å²) in [4.78, 5) is 27.5. The average molecular weight is 564 g/mol. The van der Waals surface area contributed by atoms with Crippen molar-refractivity contribution in [2.45, 2.75) is 24.4 Å². The van der Waals surface area contributed by atoms with Crippen LogP contribution in [0.3, 0.4) is 0 Å². The Labute approximate surface area is 226 Å². The molecule has 0 spiro atoms. The van der Waals surface area contributed by atoms with Crippen molar-refractivity contribution >= 4 is 50.7 Å². The number of hydrogen-bond donors (Lipinski definition) is 1. The summed E-state index contributed by atoms with van der Waals surface area (Å²) in [6.45, 7) is 1.07. The number of nitrogens with one attached hydrogen (secondary N) is 1. The Morgan fingerprint density at radius 1 is 0.973 bits per heavy atom. The van der Waals surface area contributed by atoms with Gasteiger partial charge in [0.05, 0.1) is 27.7 Å². The van der Waals surface area contributed by atoms with Gasteiger partial charge in [-0.3, -0.25) is 13.9 Å².